The summed E-state index contributed by atoms with van der Waals surface area (Å²) in [5.74, 6) is 5.59. The number of nitrogens with one attached hydrogen (secondary N) is 1. The molecule has 4 heteroatoms. The Morgan fingerprint density at radius 1 is 1.44 bits per heavy atom. The van der Waals surface area contributed by atoms with Crippen LogP contribution >= 0.6 is 0 Å². The second-order valence-electron chi connectivity index (χ2n) is 5.09. The zero-order valence-corrected chi connectivity index (χ0v) is 11.4. The van der Waals surface area contributed by atoms with Crippen LogP contribution in [0.4, 0.5) is 0 Å². The van der Waals surface area contributed by atoms with Crippen molar-refractivity contribution in [3.63, 3.8) is 0 Å². The molecule has 1 aromatic carbocycles. The Kier molecular flexibility index (Phi) is 5.82. The number of benzene rings is 1. The molecule has 0 atom stereocenters. The number of amides is 1. The number of nitrogens with two attached hydrogens (primary N) is 1. The first kappa shape index (κ1) is 14.7. The monoisotopic (exact) mass is 249 g/mol. The van der Waals surface area contributed by atoms with Gasteiger partial charge in [-0.25, -0.2) is 5.84 Å². The van der Waals surface area contributed by atoms with Gasteiger partial charge in [-0.15, -0.1) is 0 Å². The molecular weight excluding hydrogens is 226 g/mol. The standard InChI is InChI=1S/C14H23N3O/c1-11(2)7-8-17(3)10-12-5-4-6-13(9-12)14(18)16-15/h4-6,9,11H,7-8,10,15H2,1-3H3,(H,16,18). The number of nitrogen functional groups attached to an aromatic ring is 1. The SMILES string of the molecule is CC(C)CCN(C)Cc1cccc(C(=O)NN)c1. The smallest absolute Gasteiger partial charge is 0.265 e. The summed E-state index contributed by atoms with van der Waals surface area (Å²) in [6.45, 7) is 6.35. The van der Waals surface area contributed by atoms with Gasteiger partial charge in [-0.3, -0.25) is 10.2 Å². The van der Waals surface area contributed by atoms with Crippen molar-refractivity contribution < 1.29 is 4.79 Å². The zero-order valence-electron chi connectivity index (χ0n) is 11.4. The Bertz CT molecular complexity index is 390. The van der Waals surface area contributed by atoms with E-state index in [1.165, 1.54) is 6.42 Å². The van der Waals surface area contributed by atoms with Crippen LogP contribution in [0.2, 0.25) is 0 Å². The number of hydrogen-bond acceptors (Lipinski definition) is 3. The zero-order chi connectivity index (χ0) is 13.5. The lowest BCUT2D eigenvalue weighted by atomic mass is 10.1. The van der Waals surface area contributed by atoms with E-state index in [0.717, 1.165) is 18.7 Å². The van der Waals surface area contributed by atoms with Crippen LogP contribution in [0.1, 0.15) is 36.2 Å². The van der Waals surface area contributed by atoms with Gasteiger partial charge in [0.15, 0.2) is 0 Å². The highest BCUT2D eigenvalue weighted by molar-refractivity contribution is 5.93. The second-order valence-corrected chi connectivity index (χ2v) is 5.09. The summed E-state index contributed by atoms with van der Waals surface area (Å²) in [7, 11) is 2.10. The fourth-order valence-electron chi connectivity index (χ4n) is 1.76. The van der Waals surface area contributed by atoms with Gasteiger partial charge in [0.2, 0.25) is 0 Å². The molecule has 0 fully saturated rings. The molecule has 0 saturated heterocycles. The number of hydrazine groups is 1. The van der Waals surface area contributed by atoms with E-state index in [1.807, 2.05) is 18.2 Å². The largest absolute Gasteiger partial charge is 0.302 e. The first-order chi connectivity index (χ1) is 8.52. The van der Waals surface area contributed by atoms with E-state index < -0.39 is 0 Å². The molecule has 100 valence electrons. The number of hydrogen-bond donors (Lipinski definition) is 2. The van der Waals surface area contributed by atoms with Crippen LogP contribution < -0.4 is 11.3 Å². The first-order valence-electron chi connectivity index (χ1n) is 6.31. The van der Waals surface area contributed by atoms with Gasteiger partial charge in [-0.05, 0) is 43.6 Å². The molecule has 1 amide bonds. The topological polar surface area (TPSA) is 58.4 Å². The lowest BCUT2D eigenvalue weighted by Crippen LogP contribution is -2.30. The fraction of sp³-hybridized carbons (Fsp3) is 0.500. The maximum absolute atomic E-state index is 11.4. The number of nitrogens with zero attached hydrogens (tertiary/aromatic N) is 1. The van der Waals surface area contributed by atoms with Gasteiger partial charge >= 0.3 is 0 Å². The van der Waals surface area contributed by atoms with Crippen LogP contribution in [0.15, 0.2) is 24.3 Å². The number of carbonyl (C=O) groups excluding carboxylic acids is 1. The van der Waals surface area contributed by atoms with Crippen LogP contribution in [0.25, 0.3) is 0 Å². The van der Waals surface area contributed by atoms with Crippen molar-refractivity contribution in [1.82, 2.24) is 10.3 Å². The summed E-state index contributed by atoms with van der Waals surface area (Å²) in [6, 6.07) is 7.56. The van der Waals surface area contributed by atoms with Crippen LogP contribution in [0.3, 0.4) is 0 Å². The molecule has 0 saturated carbocycles. The Morgan fingerprint density at radius 2 is 2.17 bits per heavy atom. The molecule has 4 nitrogen and oxygen atoms in total. The summed E-state index contributed by atoms with van der Waals surface area (Å²) in [4.78, 5) is 13.7. The van der Waals surface area contributed by atoms with Gasteiger partial charge in [0, 0.05) is 12.1 Å². The lowest BCUT2D eigenvalue weighted by molar-refractivity contribution is 0.0953. The molecule has 1 aromatic rings. The predicted molar refractivity (Wildman–Crippen MR) is 73.9 cm³/mol. The van der Waals surface area contributed by atoms with Crippen LogP contribution in [0, 0.1) is 5.92 Å². The minimum absolute atomic E-state index is 0.248. The third-order valence-electron chi connectivity index (χ3n) is 2.86. The van der Waals surface area contributed by atoms with Crippen LogP contribution in [0.5, 0.6) is 0 Å². The maximum atomic E-state index is 11.4. The Labute approximate surface area is 109 Å². The second kappa shape index (κ2) is 7.13. The van der Waals surface area contributed by atoms with Gasteiger partial charge in [-0.2, -0.15) is 0 Å². The van der Waals surface area contributed by atoms with Crippen LogP contribution in [-0.4, -0.2) is 24.4 Å². The van der Waals surface area contributed by atoms with Crippen molar-refractivity contribution in [2.24, 2.45) is 11.8 Å². The third kappa shape index (κ3) is 4.85. The first-order valence-corrected chi connectivity index (χ1v) is 6.31. The minimum Gasteiger partial charge on any atom is -0.302 e. The Balaban J connectivity index is 2.59. The van der Waals surface area contributed by atoms with Crippen molar-refractivity contribution in [1.29, 1.82) is 0 Å². The predicted octanol–water partition coefficient (Wildman–Crippen LogP) is 1.77. The Morgan fingerprint density at radius 3 is 2.78 bits per heavy atom. The maximum Gasteiger partial charge on any atom is 0.265 e. The van der Waals surface area contributed by atoms with Gasteiger partial charge in [-0.1, -0.05) is 26.0 Å². The van der Waals surface area contributed by atoms with E-state index in [2.05, 4.69) is 31.2 Å². The Hall–Kier alpha value is -1.39. The van der Waals surface area contributed by atoms with E-state index >= 15 is 0 Å². The van der Waals surface area contributed by atoms with Crippen molar-refractivity contribution in [3.05, 3.63) is 35.4 Å². The van der Waals surface area contributed by atoms with E-state index in [-0.39, 0.29) is 5.91 Å². The minimum atomic E-state index is -0.248. The van der Waals surface area contributed by atoms with E-state index in [9.17, 15) is 4.79 Å². The molecule has 0 bridgehead atoms. The summed E-state index contributed by atoms with van der Waals surface area (Å²) in [5.41, 5.74) is 3.88. The normalized spacial score (nSPS) is 11.0. The molecule has 18 heavy (non-hydrogen) atoms. The molecule has 0 aliphatic heterocycles. The molecule has 0 aliphatic rings. The molecular formula is C14H23N3O. The molecule has 0 aliphatic carbocycles. The van der Waals surface area contributed by atoms with Crippen molar-refractivity contribution in [3.8, 4) is 0 Å². The lowest BCUT2D eigenvalue weighted by Gasteiger charge is -2.18. The molecule has 0 heterocycles. The van der Waals surface area contributed by atoms with Crippen molar-refractivity contribution >= 4 is 5.91 Å². The van der Waals surface area contributed by atoms with Crippen molar-refractivity contribution in [2.75, 3.05) is 13.6 Å². The summed E-state index contributed by atoms with van der Waals surface area (Å²) in [6.07, 6.45) is 1.18. The quantitative estimate of drug-likeness (QED) is 0.459. The van der Waals surface area contributed by atoms with Gasteiger partial charge in [0.05, 0.1) is 0 Å². The van der Waals surface area contributed by atoms with Gasteiger partial charge in [0.1, 0.15) is 0 Å². The third-order valence-corrected chi connectivity index (χ3v) is 2.86. The highest BCUT2D eigenvalue weighted by Crippen LogP contribution is 2.09. The summed E-state index contributed by atoms with van der Waals surface area (Å²) >= 11 is 0. The van der Waals surface area contributed by atoms with Gasteiger partial charge in [0.25, 0.3) is 5.91 Å². The molecule has 3 N–H and O–H groups in total. The highest BCUT2D eigenvalue weighted by Gasteiger charge is 2.06. The molecule has 0 spiro atoms. The van der Waals surface area contributed by atoms with Crippen LogP contribution in [-0.2, 0) is 6.54 Å². The molecule has 1 rings (SSSR count). The fourth-order valence-corrected chi connectivity index (χ4v) is 1.76. The summed E-state index contributed by atoms with van der Waals surface area (Å²) < 4.78 is 0. The van der Waals surface area contributed by atoms with Gasteiger partial charge < -0.3 is 4.90 Å². The summed E-state index contributed by atoms with van der Waals surface area (Å²) in [5, 5.41) is 0. The molecule has 0 radical (unpaired) electrons. The highest BCUT2D eigenvalue weighted by atomic mass is 16.2. The molecule has 0 unspecified atom stereocenters. The van der Waals surface area contributed by atoms with E-state index in [1.54, 1.807) is 6.07 Å². The number of rotatable bonds is 6. The average molecular weight is 249 g/mol. The average Bonchev–Trinajstić information content (AvgIpc) is 2.35. The van der Waals surface area contributed by atoms with E-state index in [0.29, 0.717) is 11.5 Å². The van der Waals surface area contributed by atoms with Crippen molar-refractivity contribution in [2.45, 2.75) is 26.8 Å². The molecule has 0 aromatic heterocycles. The van der Waals surface area contributed by atoms with E-state index in [4.69, 9.17) is 5.84 Å². The number of carbonyl (C=O) groups is 1.